The maximum atomic E-state index is 5.96. The van der Waals surface area contributed by atoms with Crippen LogP contribution in [0.2, 0.25) is 0 Å². The predicted octanol–water partition coefficient (Wildman–Crippen LogP) is 3.43. The largest absolute Gasteiger partial charge is 0.493 e. The average molecular weight is 283 g/mol. The van der Waals surface area contributed by atoms with Crippen molar-refractivity contribution in [1.29, 1.82) is 0 Å². The van der Waals surface area contributed by atoms with E-state index in [-0.39, 0.29) is 6.04 Å². The monoisotopic (exact) mass is 283 g/mol. The molecule has 3 rings (SSSR count). The maximum Gasteiger partial charge on any atom is 0.161 e. The first-order valence-corrected chi connectivity index (χ1v) is 7.33. The second-order valence-corrected chi connectivity index (χ2v) is 5.61. The first kappa shape index (κ1) is 14.0. The van der Waals surface area contributed by atoms with Crippen molar-refractivity contribution in [2.75, 3.05) is 13.7 Å². The van der Waals surface area contributed by atoms with Crippen LogP contribution in [-0.4, -0.2) is 13.7 Å². The van der Waals surface area contributed by atoms with E-state index >= 15 is 0 Å². The van der Waals surface area contributed by atoms with Crippen molar-refractivity contribution in [3.8, 4) is 11.5 Å². The molecule has 1 aliphatic rings. The summed E-state index contributed by atoms with van der Waals surface area (Å²) in [7, 11) is 1.66. The number of fused-ring (bicyclic) bond motifs is 1. The molecule has 0 heterocycles. The van der Waals surface area contributed by atoms with Gasteiger partial charge in [0.2, 0.25) is 0 Å². The van der Waals surface area contributed by atoms with Crippen LogP contribution in [0.15, 0.2) is 42.5 Å². The van der Waals surface area contributed by atoms with Crippen LogP contribution in [0.3, 0.4) is 0 Å². The Bertz CT molecular complexity index is 637. The van der Waals surface area contributed by atoms with Gasteiger partial charge in [0.1, 0.15) is 0 Å². The van der Waals surface area contributed by atoms with Gasteiger partial charge in [-0.25, -0.2) is 0 Å². The van der Waals surface area contributed by atoms with Crippen LogP contribution in [0.25, 0.3) is 0 Å². The fraction of sp³-hybridized carbons (Fsp3) is 0.333. The highest BCUT2D eigenvalue weighted by Gasteiger charge is 2.26. The van der Waals surface area contributed by atoms with Gasteiger partial charge in [0.15, 0.2) is 11.5 Å². The summed E-state index contributed by atoms with van der Waals surface area (Å²) in [4.78, 5) is 0. The molecule has 0 spiro atoms. The van der Waals surface area contributed by atoms with E-state index in [1.165, 1.54) is 11.1 Å². The summed E-state index contributed by atoms with van der Waals surface area (Å²) < 4.78 is 11.4. The highest BCUT2D eigenvalue weighted by atomic mass is 16.5. The van der Waals surface area contributed by atoms with Gasteiger partial charge in [-0.15, -0.1) is 0 Å². The summed E-state index contributed by atoms with van der Waals surface area (Å²) in [5, 5.41) is 0. The Morgan fingerprint density at radius 1 is 1.19 bits per heavy atom. The Balaban J connectivity index is 1.69. The lowest BCUT2D eigenvalue weighted by Crippen LogP contribution is -2.23. The fourth-order valence-electron chi connectivity index (χ4n) is 2.79. The van der Waals surface area contributed by atoms with Crippen LogP contribution >= 0.6 is 0 Å². The molecule has 0 amide bonds. The number of methoxy groups -OCH3 is 1. The Labute approximate surface area is 125 Å². The Morgan fingerprint density at radius 2 is 2.00 bits per heavy atom. The first-order chi connectivity index (χ1) is 10.2. The molecule has 2 N–H and O–H groups in total. The lowest BCUT2D eigenvalue weighted by atomic mass is 9.78. The van der Waals surface area contributed by atoms with Crippen molar-refractivity contribution in [2.24, 2.45) is 5.73 Å². The summed E-state index contributed by atoms with van der Waals surface area (Å²) in [6, 6.07) is 14.4. The molecule has 110 valence electrons. The van der Waals surface area contributed by atoms with Gasteiger partial charge in [0, 0.05) is 12.0 Å². The normalized spacial score (nSPS) is 17.6. The molecule has 2 aromatic carbocycles. The van der Waals surface area contributed by atoms with Crippen molar-refractivity contribution in [1.82, 2.24) is 0 Å². The average Bonchev–Trinajstić information content (AvgIpc) is 2.48. The van der Waals surface area contributed by atoms with Crippen LogP contribution < -0.4 is 15.2 Å². The van der Waals surface area contributed by atoms with Crippen molar-refractivity contribution < 1.29 is 9.47 Å². The number of ether oxygens (including phenoxy) is 2. The van der Waals surface area contributed by atoms with Crippen molar-refractivity contribution in [2.45, 2.75) is 25.3 Å². The molecular formula is C18H21NO2. The highest BCUT2D eigenvalue weighted by molar-refractivity contribution is 5.44. The van der Waals surface area contributed by atoms with Gasteiger partial charge < -0.3 is 15.2 Å². The molecule has 0 aromatic heterocycles. The van der Waals surface area contributed by atoms with Crippen LogP contribution in [0.1, 0.15) is 35.6 Å². The fourth-order valence-corrected chi connectivity index (χ4v) is 2.79. The van der Waals surface area contributed by atoms with E-state index in [0.29, 0.717) is 12.5 Å². The van der Waals surface area contributed by atoms with E-state index in [4.69, 9.17) is 15.2 Å². The molecule has 0 radical (unpaired) electrons. The standard InChI is InChI=1S/C18H21NO2/c1-12(19)13-7-8-17(18(10-13)20-2)21-11-15-9-14-5-3-4-6-16(14)15/h3-8,10,12,15H,9,11,19H2,1-2H3/t12-,15?/m1/s1. The lowest BCUT2D eigenvalue weighted by Gasteiger charge is -2.30. The second-order valence-electron chi connectivity index (χ2n) is 5.61. The number of hydrogen-bond acceptors (Lipinski definition) is 3. The predicted molar refractivity (Wildman–Crippen MR) is 84.0 cm³/mol. The summed E-state index contributed by atoms with van der Waals surface area (Å²) in [5.74, 6) is 2.02. The number of nitrogens with two attached hydrogens (primary N) is 1. The maximum absolute atomic E-state index is 5.96. The summed E-state index contributed by atoms with van der Waals surface area (Å²) >= 11 is 0. The van der Waals surface area contributed by atoms with E-state index in [1.54, 1.807) is 7.11 Å². The van der Waals surface area contributed by atoms with Gasteiger partial charge in [0.05, 0.1) is 13.7 Å². The van der Waals surface area contributed by atoms with E-state index in [1.807, 2.05) is 25.1 Å². The van der Waals surface area contributed by atoms with Gasteiger partial charge in [-0.1, -0.05) is 30.3 Å². The molecule has 0 saturated heterocycles. The van der Waals surface area contributed by atoms with Crippen LogP contribution in [0, 0.1) is 0 Å². The molecule has 21 heavy (non-hydrogen) atoms. The number of benzene rings is 2. The van der Waals surface area contributed by atoms with E-state index in [2.05, 4.69) is 24.3 Å². The first-order valence-electron chi connectivity index (χ1n) is 7.33. The molecule has 1 aliphatic carbocycles. The minimum Gasteiger partial charge on any atom is -0.493 e. The Morgan fingerprint density at radius 3 is 2.71 bits per heavy atom. The van der Waals surface area contributed by atoms with Gasteiger partial charge >= 0.3 is 0 Å². The molecule has 0 bridgehead atoms. The quantitative estimate of drug-likeness (QED) is 0.914. The second kappa shape index (κ2) is 5.78. The van der Waals surface area contributed by atoms with Gasteiger partial charge in [-0.2, -0.15) is 0 Å². The molecule has 3 nitrogen and oxygen atoms in total. The topological polar surface area (TPSA) is 44.5 Å². The third-order valence-electron chi connectivity index (χ3n) is 4.11. The Hall–Kier alpha value is -2.00. The SMILES string of the molecule is COc1cc([C@@H](C)N)ccc1OCC1Cc2ccccc21. The van der Waals surface area contributed by atoms with Crippen molar-refractivity contribution in [3.63, 3.8) is 0 Å². The van der Waals surface area contributed by atoms with Crippen molar-refractivity contribution in [3.05, 3.63) is 59.2 Å². The molecular weight excluding hydrogens is 262 g/mol. The molecule has 3 heteroatoms. The molecule has 0 saturated carbocycles. The summed E-state index contributed by atoms with van der Waals surface area (Å²) in [5.41, 5.74) is 9.79. The summed E-state index contributed by atoms with van der Waals surface area (Å²) in [6.07, 6.45) is 1.09. The molecule has 1 unspecified atom stereocenters. The van der Waals surface area contributed by atoms with Gasteiger partial charge in [-0.05, 0) is 42.2 Å². The highest BCUT2D eigenvalue weighted by Crippen LogP contribution is 2.36. The molecule has 2 aromatic rings. The van der Waals surface area contributed by atoms with Gasteiger partial charge in [0.25, 0.3) is 0 Å². The van der Waals surface area contributed by atoms with E-state index in [9.17, 15) is 0 Å². The van der Waals surface area contributed by atoms with Crippen LogP contribution in [0.4, 0.5) is 0 Å². The minimum atomic E-state index is -0.00791. The lowest BCUT2D eigenvalue weighted by molar-refractivity contribution is 0.260. The van der Waals surface area contributed by atoms with E-state index in [0.717, 1.165) is 23.5 Å². The molecule has 2 atom stereocenters. The number of hydrogen-bond donors (Lipinski definition) is 1. The zero-order chi connectivity index (χ0) is 14.8. The number of rotatable bonds is 5. The molecule has 0 aliphatic heterocycles. The zero-order valence-electron chi connectivity index (χ0n) is 12.5. The third-order valence-corrected chi connectivity index (χ3v) is 4.11. The van der Waals surface area contributed by atoms with Crippen LogP contribution in [0.5, 0.6) is 11.5 Å². The smallest absolute Gasteiger partial charge is 0.161 e. The third kappa shape index (κ3) is 2.74. The summed E-state index contributed by atoms with van der Waals surface area (Å²) in [6.45, 7) is 2.64. The van der Waals surface area contributed by atoms with Gasteiger partial charge in [-0.3, -0.25) is 0 Å². The molecule has 0 fully saturated rings. The zero-order valence-corrected chi connectivity index (χ0v) is 12.5. The van der Waals surface area contributed by atoms with E-state index < -0.39 is 0 Å². The van der Waals surface area contributed by atoms with Crippen LogP contribution in [-0.2, 0) is 6.42 Å². The Kier molecular flexibility index (Phi) is 3.84. The minimum absolute atomic E-state index is 0.00791. The van der Waals surface area contributed by atoms with Crippen molar-refractivity contribution >= 4 is 0 Å².